The fraction of sp³-hybridized carbons (Fsp3) is 0.650. The summed E-state index contributed by atoms with van der Waals surface area (Å²) in [6, 6.07) is 5.64. The molecule has 5 N–H and O–H groups in total. The number of aliphatic hydroxyl groups excluding tert-OH is 5. The second-order valence-corrected chi connectivity index (χ2v) is 8.35. The summed E-state index contributed by atoms with van der Waals surface area (Å²) in [4.78, 5) is 4.18. The molecule has 12 heteroatoms. The van der Waals surface area contributed by atoms with Gasteiger partial charge in [0, 0.05) is 19.4 Å². The van der Waals surface area contributed by atoms with Crippen molar-refractivity contribution in [1.82, 2.24) is 20.0 Å². The quantitative estimate of drug-likeness (QED) is 0.151. The van der Waals surface area contributed by atoms with Crippen LogP contribution in [-0.4, -0.2) is 88.2 Å². The Kier molecular flexibility index (Phi) is 12.7. The number of thioether (sulfide) groups is 1. The molecule has 0 fully saturated rings. The van der Waals surface area contributed by atoms with Crippen molar-refractivity contribution in [3.63, 3.8) is 0 Å². The SMILES string of the molecule is OCCC(O)C(O)C(O)C(O)SCCCCOCn1cc(COCc2ccccn2)nn1. The molecule has 2 aromatic rings. The molecule has 0 radical (unpaired) electrons. The van der Waals surface area contributed by atoms with Crippen molar-refractivity contribution in [2.24, 2.45) is 0 Å². The Bertz CT molecular complexity index is 740. The van der Waals surface area contributed by atoms with Gasteiger partial charge in [0.1, 0.15) is 30.1 Å². The second kappa shape index (κ2) is 15.2. The van der Waals surface area contributed by atoms with Crippen LogP contribution in [0.2, 0.25) is 0 Å². The van der Waals surface area contributed by atoms with Crippen LogP contribution in [0, 0.1) is 0 Å². The van der Waals surface area contributed by atoms with Gasteiger partial charge in [-0.2, -0.15) is 0 Å². The van der Waals surface area contributed by atoms with Crippen molar-refractivity contribution in [2.45, 2.75) is 63.0 Å². The molecule has 0 saturated carbocycles. The summed E-state index contributed by atoms with van der Waals surface area (Å²) in [5, 5.41) is 55.8. The second-order valence-electron chi connectivity index (χ2n) is 7.13. The number of aromatic nitrogens is 4. The average Bonchev–Trinajstić information content (AvgIpc) is 3.25. The minimum absolute atomic E-state index is 0.0710. The molecule has 0 aliphatic heterocycles. The number of nitrogens with zero attached hydrogens (tertiary/aromatic N) is 4. The van der Waals surface area contributed by atoms with Crippen LogP contribution in [0.4, 0.5) is 0 Å². The lowest BCUT2D eigenvalue weighted by Crippen LogP contribution is -2.43. The molecule has 0 bridgehead atoms. The van der Waals surface area contributed by atoms with Crippen LogP contribution in [0.1, 0.15) is 30.7 Å². The first-order valence-electron chi connectivity index (χ1n) is 10.4. The standard InChI is InChI=1S/C20H32N4O7S/c25-8-6-17(26)18(27)19(28)20(29)32-10-4-3-9-30-14-24-11-16(22-23-24)13-31-12-15-5-1-2-7-21-15/h1-2,5,7,11,17-20,25-29H,3-4,6,8-10,12-14H2. The maximum atomic E-state index is 9.90. The van der Waals surface area contributed by atoms with E-state index in [1.807, 2.05) is 18.2 Å². The highest BCUT2D eigenvalue weighted by Crippen LogP contribution is 2.18. The van der Waals surface area contributed by atoms with Crippen molar-refractivity contribution in [3.05, 3.63) is 42.0 Å². The molecule has 0 aliphatic carbocycles. The molecule has 2 rings (SSSR count). The molecular weight excluding hydrogens is 440 g/mol. The van der Waals surface area contributed by atoms with Crippen molar-refractivity contribution in [1.29, 1.82) is 0 Å². The highest BCUT2D eigenvalue weighted by atomic mass is 32.2. The fourth-order valence-corrected chi connectivity index (χ4v) is 3.65. The summed E-state index contributed by atoms with van der Waals surface area (Å²) in [5.74, 6) is 0.547. The Morgan fingerprint density at radius 1 is 1.00 bits per heavy atom. The monoisotopic (exact) mass is 472 g/mol. The van der Waals surface area contributed by atoms with Gasteiger partial charge in [0.05, 0.1) is 31.2 Å². The Labute approximate surface area is 191 Å². The maximum Gasteiger partial charge on any atom is 0.141 e. The smallest absolute Gasteiger partial charge is 0.141 e. The van der Waals surface area contributed by atoms with E-state index < -0.39 is 23.7 Å². The number of ether oxygens (including phenoxy) is 2. The lowest BCUT2D eigenvalue weighted by molar-refractivity contribution is -0.0886. The van der Waals surface area contributed by atoms with Crippen LogP contribution < -0.4 is 0 Å². The van der Waals surface area contributed by atoms with E-state index in [1.165, 1.54) is 0 Å². The van der Waals surface area contributed by atoms with Crippen LogP contribution in [0.25, 0.3) is 0 Å². The molecular formula is C20H32N4O7S. The molecule has 180 valence electrons. The topological polar surface area (TPSA) is 163 Å². The van der Waals surface area contributed by atoms with Crippen LogP contribution in [0.15, 0.2) is 30.6 Å². The van der Waals surface area contributed by atoms with E-state index in [0.29, 0.717) is 31.3 Å². The number of aliphatic hydroxyl groups is 5. The van der Waals surface area contributed by atoms with Gasteiger partial charge in [0.15, 0.2) is 0 Å². The van der Waals surface area contributed by atoms with Crippen LogP contribution in [0.3, 0.4) is 0 Å². The zero-order valence-electron chi connectivity index (χ0n) is 17.8. The largest absolute Gasteiger partial charge is 0.396 e. The predicted octanol–water partition coefficient (Wildman–Crippen LogP) is -0.339. The third kappa shape index (κ3) is 9.88. The van der Waals surface area contributed by atoms with Gasteiger partial charge >= 0.3 is 0 Å². The number of hydrogen-bond donors (Lipinski definition) is 5. The van der Waals surface area contributed by atoms with Crippen LogP contribution in [-0.2, 0) is 29.4 Å². The maximum absolute atomic E-state index is 9.90. The zero-order chi connectivity index (χ0) is 23.2. The molecule has 0 saturated heterocycles. The fourth-order valence-electron chi connectivity index (χ4n) is 2.68. The number of rotatable bonds is 17. The molecule has 0 aromatic carbocycles. The summed E-state index contributed by atoms with van der Waals surface area (Å²) in [6.07, 6.45) is 0.568. The number of hydrogen-bond acceptors (Lipinski definition) is 11. The first-order valence-corrected chi connectivity index (χ1v) is 11.4. The van der Waals surface area contributed by atoms with Crippen molar-refractivity contribution in [2.75, 3.05) is 19.0 Å². The van der Waals surface area contributed by atoms with Gasteiger partial charge < -0.3 is 35.0 Å². The van der Waals surface area contributed by atoms with Gasteiger partial charge in [-0.3, -0.25) is 4.98 Å². The van der Waals surface area contributed by atoms with Crippen molar-refractivity contribution in [3.8, 4) is 0 Å². The minimum atomic E-state index is -1.51. The highest BCUT2D eigenvalue weighted by Gasteiger charge is 2.30. The Morgan fingerprint density at radius 2 is 1.81 bits per heavy atom. The van der Waals surface area contributed by atoms with E-state index in [4.69, 9.17) is 14.6 Å². The van der Waals surface area contributed by atoms with E-state index in [-0.39, 0.29) is 19.8 Å². The summed E-state index contributed by atoms with van der Waals surface area (Å²) in [7, 11) is 0. The summed E-state index contributed by atoms with van der Waals surface area (Å²) in [5.41, 5.74) is 0.311. The van der Waals surface area contributed by atoms with Gasteiger partial charge in [0.25, 0.3) is 0 Å². The summed E-state index contributed by atoms with van der Waals surface area (Å²) < 4.78 is 12.7. The van der Waals surface area contributed by atoms with E-state index in [1.54, 1.807) is 17.1 Å². The van der Waals surface area contributed by atoms with Crippen LogP contribution >= 0.6 is 11.8 Å². The van der Waals surface area contributed by atoms with Gasteiger partial charge in [-0.1, -0.05) is 11.3 Å². The van der Waals surface area contributed by atoms with Gasteiger partial charge in [0.2, 0.25) is 0 Å². The van der Waals surface area contributed by atoms with Crippen molar-refractivity contribution >= 4 is 11.8 Å². The minimum Gasteiger partial charge on any atom is -0.396 e. The highest BCUT2D eigenvalue weighted by molar-refractivity contribution is 7.99. The molecule has 0 aliphatic rings. The molecule has 0 amide bonds. The first kappa shape index (κ1) is 26.6. The van der Waals surface area contributed by atoms with E-state index >= 15 is 0 Å². The third-order valence-electron chi connectivity index (χ3n) is 4.47. The lowest BCUT2D eigenvalue weighted by Gasteiger charge is -2.25. The molecule has 0 spiro atoms. The molecule has 32 heavy (non-hydrogen) atoms. The van der Waals surface area contributed by atoms with Crippen molar-refractivity contribution < 1.29 is 35.0 Å². The van der Waals surface area contributed by atoms with Gasteiger partial charge in [-0.15, -0.1) is 16.9 Å². The molecule has 2 aromatic heterocycles. The first-order chi connectivity index (χ1) is 15.5. The van der Waals surface area contributed by atoms with Gasteiger partial charge in [-0.25, -0.2) is 4.68 Å². The molecule has 11 nitrogen and oxygen atoms in total. The van der Waals surface area contributed by atoms with E-state index in [9.17, 15) is 20.4 Å². The summed E-state index contributed by atoms with van der Waals surface area (Å²) >= 11 is 1.08. The Hall–Kier alpha value is -1.64. The van der Waals surface area contributed by atoms with Gasteiger partial charge in [-0.05, 0) is 37.1 Å². The molecule has 4 unspecified atom stereocenters. The normalized spacial score (nSPS) is 15.4. The lowest BCUT2D eigenvalue weighted by atomic mass is 10.1. The molecule has 4 atom stereocenters. The zero-order valence-corrected chi connectivity index (χ0v) is 18.6. The predicted molar refractivity (Wildman–Crippen MR) is 116 cm³/mol. The molecule has 2 heterocycles. The third-order valence-corrected chi connectivity index (χ3v) is 5.61. The Morgan fingerprint density at radius 3 is 2.56 bits per heavy atom. The number of unbranched alkanes of at least 4 members (excludes halogenated alkanes) is 1. The summed E-state index contributed by atoms with van der Waals surface area (Å²) in [6.45, 7) is 1.16. The van der Waals surface area contributed by atoms with Crippen LogP contribution in [0.5, 0.6) is 0 Å². The van der Waals surface area contributed by atoms with E-state index in [0.717, 1.165) is 30.3 Å². The van der Waals surface area contributed by atoms with E-state index in [2.05, 4.69) is 15.3 Å². The average molecular weight is 473 g/mol. The Balaban J connectivity index is 1.51. The number of pyridine rings is 1.